The Bertz CT molecular complexity index is 1210. The molecule has 3 N–H and O–H groups in total. The monoisotopic (exact) mass is 533 g/mol. The second-order valence-electron chi connectivity index (χ2n) is 8.05. The molecule has 36 heavy (non-hydrogen) atoms. The molecule has 15 heteroatoms. The summed E-state index contributed by atoms with van der Waals surface area (Å²) >= 11 is 0. The van der Waals surface area contributed by atoms with Gasteiger partial charge in [0.1, 0.15) is 37.3 Å². The van der Waals surface area contributed by atoms with Crippen molar-refractivity contribution in [2.24, 2.45) is 0 Å². The molecular weight excluding hydrogens is 507 g/mol. The third-order valence-electron chi connectivity index (χ3n) is 5.23. The molecule has 0 saturated carbocycles. The molecule has 2 aromatic rings. The van der Waals surface area contributed by atoms with E-state index in [1.165, 1.54) is 19.1 Å². The fourth-order valence-electron chi connectivity index (χ4n) is 3.40. The minimum Gasteiger partial charge on any atom is -0.462 e. The van der Waals surface area contributed by atoms with Crippen molar-refractivity contribution in [2.75, 3.05) is 19.9 Å². The van der Waals surface area contributed by atoms with Gasteiger partial charge in [-0.2, -0.15) is 5.09 Å². The zero-order valence-electron chi connectivity index (χ0n) is 19.3. The Morgan fingerprint density at radius 2 is 2.03 bits per heavy atom. The van der Waals surface area contributed by atoms with Gasteiger partial charge in [0.05, 0.1) is 6.61 Å². The molecule has 1 aliphatic rings. The first-order chi connectivity index (χ1) is 17.0. The van der Waals surface area contributed by atoms with Crippen molar-refractivity contribution in [3.05, 3.63) is 63.4 Å². The molecule has 1 saturated heterocycles. The van der Waals surface area contributed by atoms with E-state index >= 15 is 4.39 Å². The predicted octanol–water partition coefficient (Wildman–Crippen LogP) is 1.22. The van der Waals surface area contributed by atoms with Crippen LogP contribution in [-0.4, -0.2) is 64.4 Å². The maximum Gasteiger partial charge on any atom is 0.459 e. The highest BCUT2D eigenvalue weighted by Gasteiger charge is 2.55. The average molecular weight is 533 g/mol. The smallest absolute Gasteiger partial charge is 0.459 e. The van der Waals surface area contributed by atoms with Gasteiger partial charge in [0.25, 0.3) is 5.56 Å². The van der Waals surface area contributed by atoms with Crippen molar-refractivity contribution < 1.29 is 41.8 Å². The fourth-order valence-corrected chi connectivity index (χ4v) is 4.90. The number of nitrogens with zero attached hydrogens (tertiary/aromatic N) is 1. The molecule has 0 spiro atoms. The molecule has 0 aliphatic carbocycles. The van der Waals surface area contributed by atoms with Gasteiger partial charge in [-0.05, 0) is 26.0 Å². The van der Waals surface area contributed by atoms with Crippen molar-refractivity contribution in [1.29, 1.82) is 0 Å². The molecule has 198 valence electrons. The lowest BCUT2D eigenvalue weighted by molar-refractivity contribution is -0.145. The summed E-state index contributed by atoms with van der Waals surface area (Å²) in [6, 6.07) is 7.48. The third-order valence-corrected chi connectivity index (χ3v) is 6.87. The number of para-hydroxylation sites is 1. The molecule has 0 amide bonds. The van der Waals surface area contributed by atoms with E-state index in [1.807, 2.05) is 4.98 Å². The number of aliphatic hydroxyl groups is 1. The third kappa shape index (κ3) is 6.45. The number of aromatic amines is 1. The normalized spacial score (nSPS) is 26.2. The molecule has 6 atom stereocenters. The number of halogens is 2. The first-order valence-electron chi connectivity index (χ1n) is 10.8. The summed E-state index contributed by atoms with van der Waals surface area (Å²) in [5.74, 6) is -0.835. The topological polar surface area (TPSA) is 158 Å². The number of alkyl halides is 2. The van der Waals surface area contributed by atoms with Crippen LogP contribution >= 0.6 is 7.75 Å². The molecule has 1 aromatic carbocycles. The van der Waals surface area contributed by atoms with Crippen molar-refractivity contribution in [2.45, 2.75) is 44.0 Å². The van der Waals surface area contributed by atoms with Crippen LogP contribution in [0.2, 0.25) is 0 Å². The molecule has 1 fully saturated rings. The molecule has 2 unspecified atom stereocenters. The second-order valence-corrected chi connectivity index (χ2v) is 9.74. The number of aliphatic hydroxyl groups excluding tert-OH is 1. The van der Waals surface area contributed by atoms with Crippen LogP contribution in [0.3, 0.4) is 0 Å². The summed E-state index contributed by atoms with van der Waals surface area (Å²) in [4.78, 5) is 37.4. The van der Waals surface area contributed by atoms with Crippen molar-refractivity contribution in [3.8, 4) is 5.75 Å². The number of carbonyl (C=O) groups excluding carboxylic acids is 1. The van der Waals surface area contributed by atoms with E-state index in [4.69, 9.17) is 13.8 Å². The van der Waals surface area contributed by atoms with Crippen LogP contribution in [0.15, 0.2) is 52.2 Å². The second kappa shape index (κ2) is 11.4. The highest BCUT2D eigenvalue weighted by Crippen LogP contribution is 2.47. The van der Waals surface area contributed by atoms with Gasteiger partial charge in [0.2, 0.25) is 0 Å². The zero-order chi connectivity index (χ0) is 26.5. The van der Waals surface area contributed by atoms with E-state index in [1.54, 1.807) is 18.2 Å². The molecule has 1 aliphatic heterocycles. The van der Waals surface area contributed by atoms with E-state index in [-0.39, 0.29) is 5.75 Å². The predicted molar refractivity (Wildman–Crippen MR) is 121 cm³/mol. The molecular formula is C21H26F2N3O9P. The Balaban J connectivity index is 1.78. The number of hydrogen-bond donors (Lipinski definition) is 3. The molecule has 2 heterocycles. The Hall–Kier alpha value is -2.90. The van der Waals surface area contributed by atoms with Gasteiger partial charge in [0.15, 0.2) is 11.9 Å². The van der Waals surface area contributed by atoms with Gasteiger partial charge >= 0.3 is 19.4 Å². The van der Waals surface area contributed by atoms with Crippen LogP contribution in [0.5, 0.6) is 5.75 Å². The van der Waals surface area contributed by atoms with Crippen molar-refractivity contribution in [1.82, 2.24) is 14.6 Å². The minimum atomic E-state index is -4.39. The lowest BCUT2D eigenvalue weighted by Gasteiger charge is -2.25. The fraction of sp³-hybridized carbons (Fsp3) is 0.476. The number of esters is 1. The Kier molecular flexibility index (Phi) is 8.80. The molecule has 1 aromatic heterocycles. The van der Waals surface area contributed by atoms with Gasteiger partial charge in [0, 0.05) is 12.3 Å². The number of rotatable bonds is 11. The number of nitrogens with one attached hydrogen (secondary N) is 2. The summed E-state index contributed by atoms with van der Waals surface area (Å²) in [6.45, 7) is 0.159. The maximum atomic E-state index is 15.4. The van der Waals surface area contributed by atoms with Crippen LogP contribution in [0.4, 0.5) is 8.78 Å². The van der Waals surface area contributed by atoms with E-state index < -0.39 is 75.0 Å². The quantitative estimate of drug-likeness (QED) is 0.283. The summed E-state index contributed by atoms with van der Waals surface area (Å²) in [7, 11) is -4.39. The Morgan fingerprint density at radius 3 is 2.67 bits per heavy atom. The zero-order valence-corrected chi connectivity index (χ0v) is 20.2. The number of aromatic nitrogens is 2. The van der Waals surface area contributed by atoms with Gasteiger partial charge in [-0.3, -0.25) is 23.7 Å². The van der Waals surface area contributed by atoms with E-state index in [0.717, 1.165) is 23.8 Å². The average Bonchev–Trinajstić information content (AvgIpc) is 3.05. The SMILES string of the molecule is C[C@H](NP(=O)(OC[C@H]1O[C@@H](n2ccc(=O)[nH]c2=O)C(C)(F)[C@@H]1O)Oc1ccccc1)C(=O)OCCF. The summed E-state index contributed by atoms with van der Waals surface area (Å²) in [5.41, 5.74) is -4.19. The standard InChI is InChI=1S/C21H26F2N3O9P/c1-13(18(29)32-11-9-22)25-36(31,35-14-6-4-3-5-7-14)33-12-15-17(28)21(2,23)19(34-15)26-10-8-16(27)24-20(26)30/h3-8,10,13,15,17,19,28H,9,11-12H2,1-2H3,(H,25,31)(H,24,27,30)/t13-,15+,17+,19+,21?,36?/m0/s1. The van der Waals surface area contributed by atoms with Crippen LogP contribution in [0, 0.1) is 0 Å². The lowest BCUT2D eigenvalue weighted by atomic mass is 9.98. The number of hydrogen-bond acceptors (Lipinski definition) is 9. The number of ether oxygens (including phenoxy) is 2. The van der Waals surface area contributed by atoms with Crippen LogP contribution in [0.1, 0.15) is 20.1 Å². The molecule has 0 bridgehead atoms. The summed E-state index contributed by atoms with van der Waals surface area (Å²) in [6.07, 6.45) is -3.93. The highest BCUT2D eigenvalue weighted by atomic mass is 31.2. The van der Waals surface area contributed by atoms with E-state index in [2.05, 4.69) is 9.82 Å². The molecule has 12 nitrogen and oxygen atoms in total. The number of H-pyrrole nitrogens is 1. The van der Waals surface area contributed by atoms with Crippen LogP contribution < -0.4 is 20.9 Å². The van der Waals surface area contributed by atoms with Crippen molar-refractivity contribution >= 4 is 13.7 Å². The Labute approximate surface area is 203 Å². The van der Waals surface area contributed by atoms with Gasteiger partial charge in [-0.15, -0.1) is 0 Å². The van der Waals surface area contributed by atoms with Gasteiger partial charge in [-0.25, -0.2) is 18.1 Å². The first kappa shape index (κ1) is 27.7. The molecule has 3 rings (SSSR count). The molecule has 0 radical (unpaired) electrons. The van der Waals surface area contributed by atoms with Crippen molar-refractivity contribution in [3.63, 3.8) is 0 Å². The largest absolute Gasteiger partial charge is 0.462 e. The van der Waals surface area contributed by atoms with Crippen LogP contribution in [0.25, 0.3) is 0 Å². The van der Waals surface area contributed by atoms with Crippen LogP contribution in [-0.2, 0) is 23.4 Å². The summed E-state index contributed by atoms with van der Waals surface area (Å²) < 4.78 is 62.9. The van der Waals surface area contributed by atoms with E-state index in [0.29, 0.717) is 0 Å². The lowest BCUT2D eigenvalue weighted by Crippen LogP contribution is -2.43. The summed E-state index contributed by atoms with van der Waals surface area (Å²) in [5, 5.41) is 12.9. The minimum absolute atomic E-state index is 0.0959. The van der Waals surface area contributed by atoms with Gasteiger partial charge in [-0.1, -0.05) is 18.2 Å². The first-order valence-corrected chi connectivity index (χ1v) is 12.3. The van der Waals surface area contributed by atoms with Gasteiger partial charge < -0.3 is 19.1 Å². The number of carbonyl (C=O) groups is 1. The Morgan fingerprint density at radius 1 is 1.33 bits per heavy atom. The highest BCUT2D eigenvalue weighted by molar-refractivity contribution is 7.52. The maximum absolute atomic E-state index is 15.4. The van der Waals surface area contributed by atoms with E-state index in [9.17, 15) is 28.4 Å². The number of benzene rings is 1.